The Balaban J connectivity index is 1.95. The summed E-state index contributed by atoms with van der Waals surface area (Å²) in [5.74, 6) is 2.03. The predicted octanol–water partition coefficient (Wildman–Crippen LogP) is 2.13. The molecule has 1 aliphatic heterocycles. The van der Waals surface area contributed by atoms with Crippen LogP contribution in [0.1, 0.15) is 30.8 Å². The molecule has 0 aliphatic carbocycles. The molecule has 0 amide bonds. The summed E-state index contributed by atoms with van der Waals surface area (Å²) in [5.41, 5.74) is 0. The summed E-state index contributed by atoms with van der Waals surface area (Å²) >= 11 is 3.81. The molecule has 1 aliphatic rings. The van der Waals surface area contributed by atoms with Crippen molar-refractivity contribution in [2.45, 2.75) is 36.0 Å². The molecule has 0 saturated carbocycles. The minimum atomic E-state index is -0.0506. The van der Waals surface area contributed by atoms with E-state index in [2.05, 4.69) is 24.0 Å². The molecule has 3 atom stereocenters. The highest BCUT2D eigenvalue weighted by molar-refractivity contribution is 8.07. The number of carbonyl (C=O) groups excluding carboxylic acids is 1. The zero-order valence-electron chi connectivity index (χ0n) is 11.3. The van der Waals surface area contributed by atoms with Crippen LogP contribution in [0.4, 0.5) is 0 Å². The largest absolute Gasteiger partial charge is 0.377 e. The van der Waals surface area contributed by atoms with Gasteiger partial charge in [-0.25, -0.2) is 0 Å². The van der Waals surface area contributed by atoms with E-state index in [4.69, 9.17) is 9.26 Å². The number of hydrogen-bond donors (Lipinski definition) is 0. The van der Waals surface area contributed by atoms with E-state index < -0.39 is 0 Å². The average Bonchev–Trinajstić information content (AvgIpc) is 2.81. The van der Waals surface area contributed by atoms with Crippen LogP contribution in [0.2, 0.25) is 0 Å². The Bertz CT molecular complexity index is 438. The number of aromatic nitrogens is 2. The van der Waals surface area contributed by atoms with Crippen molar-refractivity contribution in [1.82, 2.24) is 10.1 Å². The van der Waals surface area contributed by atoms with E-state index in [1.54, 1.807) is 0 Å². The van der Waals surface area contributed by atoms with Crippen LogP contribution < -0.4 is 0 Å². The summed E-state index contributed by atoms with van der Waals surface area (Å²) in [4.78, 5) is 15.8. The van der Waals surface area contributed by atoms with Crippen LogP contribution >= 0.6 is 23.5 Å². The minimum absolute atomic E-state index is 0.0506. The molecule has 7 heteroatoms. The molecule has 0 N–H and O–H groups in total. The number of ketones is 1. The number of hydrogen-bond acceptors (Lipinski definition) is 7. The fourth-order valence-electron chi connectivity index (χ4n) is 1.77. The van der Waals surface area contributed by atoms with Crippen LogP contribution in [-0.2, 0) is 16.0 Å². The third-order valence-corrected chi connectivity index (χ3v) is 6.36. The van der Waals surface area contributed by atoms with Crippen LogP contribution in [0.3, 0.4) is 0 Å². The molecule has 1 saturated heterocycles. The maximum absolute atomic E-state index is 11.4. The number of rotatable bonds is 5. The summed E-state index contributed by atoms with van der Waals surface area (Å²) < 4.78 is 9.91. The maximum Gasteiger partial charge on any atom is 0.234 e. The monoisotopic (exact) mass is 302 g/mol. The molecule has 5 nitrogen and oxygen atoms in total. The second-order valence-corrected chi connectivity index (χ2v) is 7.56. The predicted molar refractivity (Wildman–Crippen MR) is 76.6 cm³/mol. The molecule has 0 bridgehead atoms. The van der Waals surface area contributed by atoms with Gasteiger partial charge >= 0.3 is 0 Å². The molecule has 1 fully saturated rings. The molecule has 0 radical (unpaired) electrons. The van der Waals surface area contributed by atoms with Gasteiger partial charge in [-0.15, -0.1) is 11.8 Å². The van der Waals surface area contributed by atoms with Crippen molar-refractivity contribution < 1.29 is 14.1 Å². The van der Waals surface area contributed by atoms with E-state index in [-0.39, 0.29) is 24.1 Å². The molecule has 1 aromatic heterocycles. The van der Waals surface area contributed by atoms with Crippen molar-refractivity contribution in [1.29, 1.82) is 0 Å². The van der Waals surface area contributed by atoms with E-state index in [9.17, 15) is 4.79 Å². The summed E-state index contributed by atoms with van der Waals surface area (Å²) in [5, 5.41) is 5.47. The first-order valence-corrected chi connectivity index (χ1v) is 8.19. The molecule has 1 aromatic rings. The van der Waals surface area contributed by atoms with Crippen molar-refractivity contribution in [3.8, 4) is 0 Å². The third-order valence-electron chi connectivity index (χ3n) is 2.98. The number of ether oxygens (including phenoxy) is 1. The highest BCUT2D eigenvalue weighted by Crippen LogP contribution is 2.43. The van der Waals surface area contributed by atoms with E-state index in [0.717, 1.165) is 5.75 Å². The summed E-state index contributed by atoms with van der Waals surface area (Å²) in [7, 11) is 1.50. The summed E-state index contributed by atoms with van der Waals surface area (Å²) in [6.07, 6.45) is 0.150. The van der Waals surface area contributed by atoms with Gasteiger partial charge in [0.2, 0.25) is 5.89 Å². The molecular formula is C12H18N2O3S2. The molecule has 0 aromatic carbocycles. The molecule has 2 rings (SSSR count). The number of carbonyl (C=O) groups is 1. The Morgan fingerprint density at radius 1 is 1.47 bits per heavy atom. The molecule has 0 spiro atoms. The van der Waals surface area contributed by atoms with Crippen LogP contribution in [0, 0.1) is 0 Å². The molecule has 19 heavy (non-hydrogen) atoms. The molecule has 3 unspecified atom stereocenters. The van der Waals surface area contributed by atoms with Gasteiger partial charge < -0.3 is 9.26 Å². The Morgan fingerprint density at radius 2 is 2.26 bits per heavy atom. The first-order chi connectivity index (χ1) is 9.10. The normalized spacial score (nSPS) is 27.4. The van der Waals surface area contributed by atoms with Crippen LogP contribution in [0.15, 0.2) is 4.52 Å². The van der Waals surface area contributed by atoms with E-state index in [0.29, 0.717) is 22.2 Å². The average molecular weight is 302 g/mol. The van der Waals surface area contributed by atoms with Gasteiger partial charge in [-0.1, -0.05) is 19.0 Å². The number of Topliss-reactive ketones (excluding diaryl/α,β-unsaturated/α-hetero) is 1. The lowest BCUT2D eigenvalue weighted by atomic mass is 10.3. The number of thioether (sulfide) groups is 2. The zero-order valence-corrected chi connectivity index (χ0v) is 12.9. The fraction of sp³-hybridized carbons (Fsp3) is 0.750. The van der Waals surface area contributed by atoms with Gasteiger partial charge in [0.15, 0.2) is 11.6 Å². The summed E-state index contributed by atoms with van der Waals surface area (Å²) in [6, 6.07) is 0. The van der Waals surface area contributed by atoms with Gasteiger partial charge in [0.1, 0.15) is 6.61 Å². The van der Waals surface area contributed by atoms with Crippen LogP contribution in [0.5, 0.6) is 0 Å². The van der Waals surface area contributed by atoms with Gasteiger partial charge in [-0.05, 0) is 0 Å². The van der Waals surface area contributed by atoms with E-state index in [1.165, 1.54) is 7.11 Å². The smallest absolute Gasteiger partial charge is 0.234 e. The fourth-order valence-corrected chi connectivity index (χ4v) is 4.60. The Kier molecular flexibility index (Phi) is 5.29. The standard InChI is InChI=1S/C12H18N2O3S2/c1-7-8(2)19-10(6-18-7)12-13-11(17-14-12)4-9(15)5-16-3/h7-8,10H,4-6H2,1-3H3. The minimum Gasteiger partial charge on any atom is -0.377 e. The van der Waals surface area contributed by atoms with Crippen LogP contribution in [-0.4, -0.2) is 45.9 Å². The van der Waals surface area contributed by atoms with E-state index in [1.807, 2.05) is 23.5 Å². The highest BCUT2D eigenvalue weighted by atomic mass is 32.2. The lowest BCUT2D eigenvalue weighted by Gasteiger charge is -2.29. The topological polar surface area (TPSA) is 65.2 Å². The second-order valence-electron chi connectivity index (χ2n) is 4.56. The molecule has 106 valence electrons. The van der Waals surface area contributed by atoms with Crippen molar-refractivity contribution in [3.63, 3.8) is 0 Å². The van der Waals surface area contributed by atoms with E-state index >= 15 is 0 Å². The van der Waals surface area contributed by atoms with Gasteiger partial charge in [-0.3, -0.25) is 4.79 Å². The maximum atomic E-state index is 11.4. The zero-order chi connectivity index (χ0) is 13.8. The number of methoxy groups -OCH3 is 1. The van der Waals surface area contributed by atoms with Crippen molar-refractivity contribution in [2.24, 2.45) is 0 Å². The third kappa shape index (κ3) is 3.97. The van der Waals surface area contributed by atoms with Gasteiger partial charge in [0, 0.05) is 23.4 Å². The first kappa shape index (κ1) is 14.9. The van der Waals surface area contributed by atoms with Crippen molar-refractivity contribution in [3.05, 3.63) is 11.7 Å². The second kappa shape index (κ2) is 6.76. The Morgan fingerprint density at radius 3 is 2.95 bits per heavy atom. The quantitative estimate of drug-likeness (QED) is 0.825. The van der Waals surface area contributed by atoms with Crippen molar-refractivity contribution >= 4 is 29.3 Å². The van der Waals surface area contributed by atoms with Gasteiger partial charge in [0.05, 0.1) is 11.7 Å². The van der Waals surface area contributed by atoms with Gasteiger partial charge in [0.25, 0.3) is 0 Å². The Labute approximate surface area is 121 Å². The summed E-state index contributed by atoms with van der Waals surface area (Å²) in [6.45, 7) is 4.54. The lowest BCUT2D eigenvalue weighted by Crippen LogP contribution is -2.22. The SMILES string of the molecule is COCC(=O)Cc1nc(C2CSC(C)C(C)S2)no1. The van der Waals surface area contributed by atoms with Crippen molar-refractivity contribution in [2.75, 3.05) is 19.5 Å². The molecular weight excluding hydrogens is 284 g/mol. The first-order valence-electron chi connectivity index (χ1n) is 6.20. The molecule has 2 heterocycles. The lowest BCUT2D eigenvalue weighted by molar-refractivity contribution is -0.122. The Hall–Kier alpha value is -0.530. The number of nitrogens with zero attached hydrogens (tertiary/aromatic N) is 2. The highest BCUT2D eigenvalue weighted by Gasteiger charge is 2.29. The van der Waals surface area contributed by atoms with Gasteiger partial charge in [-0.2, -0.15) is 16.7 Å². The van der Waals surface area contributed by atoms with Crippen LogP contribution in [0.25, 0.3) is 0 Å².